The molecule has 5 rings (SSSR count). The van der Waals surface area contributed by atoms with E-state index in [1.807, 2.05) is 43.8 Å². The Morgan fingerprint density at radius 1 is 1.17 bits per heavy atom. The Hall–Kier alpha value is -3.79. The number of aromatic nitrogens is 4. The summed E-state index contributed by atoms with van der Waals surface area (Å²) in [6, 6.07) is 8.48. The summed E-state index contributed by atoms with van der Waals surface area (Å²) in [6.45, 7) is 26.5. The fourth-order valence-corrected chi connectivity index (χ4v) is 6.91. The lowest BCUT2D eigenvalue weighted by Crippen LogP contribution is -2.46. The number of rotatable bonds is 7. The maximum atomic E-state index is 13.6. The lowest BCUT2D eigenvalue weighted by Gasteiger charge is -2.39. The van der Waals surface area contributed by atoms with Crippen molar-refractivity contribution in [1.82, 2.24) is 24.6 Å². The number of hydrogen-bond acceptors (Lipinski definition) is 9. The van der Waals surface area contributed by atoms with E-state index in [-0.39, 0.29) is 5.04 Å². The molecule has 12 heteroatoms. The molecule has 0 saturated carbocycles. The number of carbonyl (C=O) groups excluding carboxylic acids is 1. The van der Waals surface area contributed by atoms with Gasteiger partial charge in [-0.25, -0.2) is 14.8 Å². The second kappa shape index (κ2) is 12.3. The fraction of sp³-hybridized carbons (Fsp3) is 0.571. The van der Waals surface area contributed by atoms with E-state index in [4.69, 9.17) is 14.1 Å². The molecule has 0 unspecified atom stereocenters. The zero-order valence-electron chi connectivity index (χ0n) is 29.9. The highest BCUT2D eigenvalue weighted by molar-refractivity contribution is 6.74. The van der Waals surface area contributed by atoms with Crippen LogP contribution in [0.15, 0.2) is 30.6 Å². The van der Waals surface area contributed by atoms with Crippen molar-refractivity contribution in [3.8, 4) is 17.3 Å². The number of nitrogens with one attached hydrogen (secondary N) is 1. The minimum atomic E-state index is -2.13. The van der Waals surface area contributed by atoms with E-state index in [9.17, 15) is 10.1 Å². The average Bonchev–Trinajstić information content (AvgIpc) is 3.52. The molecular weight excluding hydrogens is 609 g/mol. The Morgan fingerprint density at radius 3 is 2.53 bits per heavy atom. The van der Waals surface area contributed by atoms with Gasteiger partial charge in [-0.05, 0) is 76.5 Å². The maximum Gasteiger partial charge on any atom is 0.414 e. The molecule has 3 aromatic rings. The van der Waals surface area contributed by atoms with Gasteiger partial charge in [0, 0.05) is 49.5 Å². The van der Waals surface area contributed by atoms with Crippen LogP contribution in [0.25, 0.3) is 11.3 Å². The third kappa shape index (κ3) is 7.07. The van der Waals surface area contributed by atoms with Crippen molar-refractivity contribution in [2.45, 2.75) is 111 Å². The van der Waals surface area contributed by atoms with E-state index in [1.54, 1.807) is 17.2 Å². The quantitative estimate of drug-likeness (QED) is 0.262. The van der Waals surface area contributed by atoms with Crippen molar-refractivity contribution >= 4 is 31.7 Å². The molecule has 2 aliphatic rings. The van der Waals surface area contributed by atoms with Crippen molar-refractivity contribution in [3.05, 3.63) is 47.4 Å². The molecule has 0 fully saturated rings. The molecule has 1 amide bonds. The standard InChI is InChI=1S/C35H50N8O3Si/c1-23(2)41-14-15-43-29(20-41)28(19-38-43)40-31-37-13-12-27(39-31)24-16-25(18-36)30-26(17-24)35(9,22-45-47(10,11)34(6,7)8)21-42(30)32(44)46-33(3,4)5/h12-13,16-17,19,23H,14-15,20-22H2,1-11H3,(H,37,39,40)/t35-/m1/s1. The molecule has 0 radical (unpaired) electrons. The van der Waals surface area contributed by atoms with Crippen LogP contribution in [0.2, 0.25) is 18.1 Å². The molecule has 2 aromatic heterocycles. The van der Waals surface area contributed by atoms with Gasteiger partial charge in [0.25, 0.3) is 0 Å². The largest absolute Gasteiger partial charge is 0.443 e. The second-order valence-corrected chi connectivity index (χ2v) is 20.7. The molecule has 1 atom stereocenters. The Morgan fingerprint density at radius 2 is 1.89 bits per heavy atom. The highest BCUT2D eigenvalue weighted by Crippen LogP contribution is 2.47. The number of amides is 1. The number of nitriles is 1. The highest BCUT2D eigenvalue weighted by Gasteiger charge is 2.47. The van der Waals surface area contributed by atoms with Gasteiger partial charge in [-0.2, -0.15) is 10.4 Å². The average molecular weight is 659 g/mol. The lowest BCUT2D eigenvalue weighted by atomic mass is 9.83. The molecule has 4 heterocycles. The van der Waals surface area contributed by atoms with Crippen LogP contribution < -0.4 is 10.2 Å². The van der Waals surface area contributed by atoms with Crippen LogP contribution in [0, 0.1) is 11.3 Å². The van der Waals surface area contributed by atoms with Gasteiger partial charge in [-0.1, -0.05) is 27.7 Å². The van der Waals surface area contributed by atoms with Crippen LogP contribution in [0.5, 0.6) is 0 Å². The molecule has 0 bridgehead atoms. The number of nitrogens with zero attached hydrogens (tertiary/aromatic N) is 7. The number of anilines is 3. The first-order valence-electron chi connectivity index (χ1n) is 16.4. The number of benzene rings is 1. The van der Waals surface area contributed by atoms with E-state index in [2.05, 4.69) is 81.0 Å². The number of carbonyl (C=O) groups is 1. The summed E-state index contributed by atoms with van der Waals surface area (Å²) in [5.41, 5.74) is 3.94. The zero-order valence-corrected chi connectivity index (χ0v) is 30.9. The predicted molar refractivity (Wildman–Crippen MR) is 187 cm³/mol. The smallest absolute Gasteiger partial charge is 0.414 e. The maximum absolute atomic E-state index is 13.6. The van der Waals surface area contributed by atoms with E-state index >= 15 is 0 Å². The zero-order chi connectivity index (χ0) is 34.5. The summed E-state index contributed by atoms with van der Waals surface area (Å²) < 4.78 is 14.6. The van der Waals surface area contributed by atoms with Crippen LogP contribution in [0.3, 0.4) is 0 Å². The summed E-state index contributed by atoms with van der Waals surface area (Å²) in [4.78, 5) is 27.0. The Labute approximate surface area is 280 Å². The Bertz CT molecular complexity index is 1700. The molecule has 252 valence electrons. The monoisotopic (exact) mass is 658 g/mol. The SMILES string of the molecule is CC(C)N1CCn2ncc(Nc3nccc(-c4cc(C#N)c5c(c4)[C@@](C)(CO[Si](C)(C)C(C)(C)C)CN5C(=O)OC(C)(C)C)n3)c2C1. The van der Waals surface area contributed by atoms with Crippen molar-refractivity contribution in [3.63, 3.8) is 0 Å². The molecule has 1 N–H and O–H groups in total. The van der Waals surface area contributed by atoms with E-state index < -0.39 is 25.4 Å². The Balaban J connectivity index is 1.53. The minimum absolute atomic E-state index is 0.0156. The third-order valence-corrected chi connectivity index (χ3v) is 14.1. The van der Waals surface area contributed by atoms with Crippen LogP contribution in [0.1, 0.15) is 79.1 Å². The Kier molecular flexibility index (Phi) is 9.07. The van der Waals surface area contributed by atoms with Crippen molar-refractivity contribution in [2.24, 2.45) is 0 Å². The summed E-state index contributed by atoms with van der Waals surface area (Å²) in [5, 5.41) is 18.4. The van der Waals surface area contributed by atoms with E-state index in [0.717, 1.165) is 42.1 Å². The molecule has 2 aliphatic heterocycles. The van der Waals surface area contributed by atoms with E-state index in [1.165, 1.54) is 0 Å². The van der Waals surface area contributed by atoms with Crippen molar-refractivity contribution in [1.29, 1.82) is 5.26 Å². The molecule has 0 spiro atoms. The predicted octanol–water partition coefficient (Wildman–Crippen LogP) is 7.21. The number of ether oxygens (including phenoxy) is 1. The number of hydrogen-bond donors (Lipinski definition) is 1. The first-order valence-corrected chi connectivity index (χ1v) is 19.3. The normalized spacial score (nSPS) is 18.6. The van der Waals surface area contributed by atoms with Gasteiger partial charge in [-0.3, -0.25) is 14.5 Å². The molecular formula is C35H50N8O3Si. The van der Waals surface area contributed by atoms with E-state index in [0.29, 0.717) is 42.1 Å². The highest BCUT2D eigenvalue weighted by atomic mass is 28.4. The fourth-order valence-electron chi connectivity index (χ4n) is 5.79. The first-order chi connectivity index (χ1) is 21.8. The molecule has 0 saturated heterocycles. The van der Waals surface area contributed by atoms with Gasteiger partial charge < -0.3 is 14.5 Å². The van der Waals surface area contributed by atoms with Crippen molar-refractivity contribution in [2.75, 3.05) is 29.9 Å². The van der Waals surface area contributed by atoms with Crippen LogP contribution in [-0.2, 0) is 27.7 Å². The molecule has 0 aliphatic carbocycles. The van der Waals surface area contributed by atoms with Crippen LogP contribution in [0.4, 0.5) is 22.1 Å². The molecule has 1 aromatic carbocycles. The van der Waals surface area contributed by atoms with Crippen LogP contribution in [-0.4, -0.2) is 70.4 Å². The van der Waals surface area contributed by atoms with Gasteiger partial charge in [0.05, 0.1) is 41.1 Å². The lowest BCUT2D eigenvalue weighted by molar-refractivity contribution is 0.0575. The summed E-state index contributed by atoms with van der Waals surface area (Å²) in [7, 11) is -2.13. The van der Waals surface area contributed by atoms with Gasteiger partial charge in [0.15, 0.2) is 8.32 Å². The molecule has 47 heavy (non-hydrogen) atoms. The topological polar surface area (TPSA) is 121 Å². The van der Waals surface area contributed by atoms with Gasteiger partial charge in [-0.15, -0.1) is 0 Å². The summed E-state index contributed by atoms with van der Waals surface area (Å²) in [6.07, 6.45) is 3.07. The first kappa shape index (κ1) is 34.5. The van der Waals surface area contributed by atoms with Gasteiger partial charge in [0.1, 0.15) is 11.7 Å². The van der Waals surface area contributed by atoms with Crippen LogP contribution >= 0.6 is 0 Å². The number of fused-ring (bicyclic) bond motifs is 2. The van der Waals surface area contributed by atoms with Gasteiger partial charge >= 0.3 is 6.09 Å². The minimum Gasteiger partial charge on any atom is -0.443 e. The van der Waals surface area contributed by atoms with Crippen molar-refractivity contribution < 1.29 is 14.0 Å². The summed E-state index contributed by atoms with van der Waals surface area (Å²) >= 11 is 0. The third-order valence-electron chi connectivity index (χ3n) is 9.66. The molecule has 11 nitrogen and oxygen atoms in total. The second-order valence-electron chi connectivity index (χ2n) is 15.9. The van der Waals surface area contributed by atoms with Gasteiger partial charge in [0.2, 0.25) is 5.95 Å². The summed E-state index contributed by atoms with van der Waals surface area (Å²) in [5.74, 6) is 0.443.